The van der Waals surface area contributed by atoms with Gasteiger partial charge >= 0.3 is 0 Å². The summed E-state index contributed by atoms with van der Waals surface area (Å²) in [6.07, 6.45) is 4.92. The standard InChI is InChI=1S/C29H29ClN2O2/c30-22-16-14-21(15-17-22)27-26(28(33)31-19-18-20-8-2-1-3-9-20)24-12-6-7-13-25(24)29(34)32(27)23-10-4-5-11-23/h1-3,6-9,12-17,23,26-27H,4-5,10-11,18-19H2,(H,31,33)/t26-,27+/m1/s1. The first-order chi connectivity index (χ1) is 16.6. The quantitative estimate of drug-likeness (QED) is 0.484. The molecule has 0 spiro atoms. The van der Waals surface area contributed by atoms with Crippen molar-refractivity contribution < 1.29 is 9.59 Å². The predicted molar refractivity (Wildman–Crippen MR) is 135 cm³/mol. The summed E-state index contributed by atoms with van der Waals surface area (Å²) in [6, 6.07) is 25.1. The van der Waals surface area contributed by atoms with Gasteiger partial charge in [0.2, 0.25) is 5.91 Å². The fourth-order valence-electron chi connectivity index (χ4n) is 5.52. The van der Waals surface area contributed by atoms with Crippen LogP contribution in [0.1, 0.15) is 64.7 Å². The largest absolute Gasteiger partial charge is 0.355 e. The van der Waals surface area contributed by atoms with Crippen molar-refractivity contribution >= 4 is 23.4 Å². The Hall–Kier alpha value is -3.11. The smallest absolute Gasteiger partial charge is 0.254 e. The van der Waals surface area contributed by atoms with Crippen molar-refractivity contribution in [1.82, 2.24) is 10.2 Å². The molecule has 0 aromatic heterocycles. The van der Waals surface area contributed by atoms with Gasteiger partial charge in [-0.25, -0.2) is 0 Å². The van der Waals surface area contributed by atoms with Crippen molar-refractivity contribution in [3.63, 3.8) is 0 Å². The van der Waals surface area contributed by atoms with Crippen LogP contribution in [0.2, 0.25) is 5.02 Å². The molecule has 0 saturated heterocycles. The molecule has 5 heteroatoms. The summed E-state index contributed by atoms with van der Waals surface area (Å²) in [5.41, 5.74) is 3.58. The van der Waals surface area contributed by atoms with Gasteiger partial charge in [-0.2, -0.15) is 0 Å². The fourth-order valence-corrected chi connectivity index (χ4v) is 5.64. The van der Waals surface area contributed by atoms with E-state index in [0.717, 1.165) is 43.2 Å². The Morgan fingerprint density at radius 2 is 1.59 bits per heavy atom. The third-order valence-corrected chi connectivity index (χ3v) is 7.40. The van der Waals surface area contributed by atoms with Crippen LogP contribution >= 0.6 is 11.6 Å². The van der Waals surface area contributed by atoms with Crippen molar-refractivity contribution in [2.75, 3.05) is 6.54 Å². The van der Waals surface area contributed by atoms with E-state index in [0.29, 0.717) is 17.1 Å². The van der Waals surface area contributed by atoms with Gasteiger partial charge in [0.25, 0.3) is 5.91 Å². The maximum absolute atomic E-state index is 13.8. The minimum atomic E-state index is -0.480. The van der Waals surface area contributed by atoms with Crippen LogP contribution in [-0.4, -0.2) is 29.3 Å². The highest BCUT2D eigenvalue weighted by molar-refractivity contribution is 6.30. The number of nitrogens with one attached hydrogen (secondary N) is 1. The molecular formula is C29H29ClN2O2. The van der Waals surface area contributed by atoms with Gasteiger partial charge in [0.05, 0.1) is 12.0 Å². The molecule has 2 amide bonds. The first-order valence-corrected chi connectivity index (χ1v) is 12.5. The van der Waals surface area contributed by atoms with Crippen LogP contribution in [0.25, 0.3) is 0 Å². The number of benzene rings is 3. The molecule has 1 saturated carbocycles. The molecule has 4 nitrogen and oxygen atoms in total. The summed E-state index contributed by atoms with van der Waals surface area (Å²) in [5, 5.41) is 3.82. The zero-order chi connectivity index (χ0) is 23.5. The summed E-state index contributed by atoms with van der Waals surface area (Å²) < 4.78 is 0. The molecule has 1 aliphatic carbocycles. The molecular weight excluding hydrogens is 444 g/mol. The molecule has 5 rings (SSSR count). The number of carbonyl (C=O) groups is 2. The topological polar surface area (TPSA) is 49.4 Å². The van der Waals surface area contributed by atoms with Crippen LogP contribution in [-0.2, 0) is 11.2 Å². The van der Waals surface area contributed by atoms with E-state index in [-0.39, 0.29) is 23.9 Å². The van der Waals surface area contributed by atoms with E-state index in [1.807, 2.05) is 71.6 Å². The van der Waals surface area contributed by atoms with Crippen LogP contribution in [0, 0.1) is 0 Å². The number of fused-ring (bicyclic) bond motifs is 1. The summed E-state index contributed by atoms with van der Waals surface area (Å²) in [7, 11) is 0. The van der Waals surface area contributed by atoms with Crippen LogP contribution in [0.3, 0.4) is 0 Å². The fraction of sp³-hybridized carbons (Fsp3) is 0.310. The van der Waals surface area contributed by atoms with E-state index in [9.17, 15) is 9.59 Å². The molecule has 0 bridgehead atoms. The number of amides is 2. The lowest BCUT2D eigenvalue weighted by atomic mass is 9.78. The lowest BCUT2D eigenvalue weighted by Gasteiger charge is -2.45. The Bertz CT molecular complexity index is 1160. The average molecular weight is 473 g/mol. The lowest BCUT2D eigenvalue weighted by Crippen LogP contribution is -2.51. The van der Waals surface area contributed by atoms with Gasteiger partial charge in [-0.05, 0) is 54.2 Å². The van der Waals surface area contributed by atoms with E-state index in [1.165, 1.54) is 5.56 Å². The van der Waals surface area contributed by atoms with Gasteiger partial charge in [0.1, 0.15) is 0 Å². The number of hydrogen-bond acceptors (Lipinski definition) is 2. The third-order valence-electron chi connectivity index (χ3n) is 7.14. The van der Waals surface area contributed by atoms with Crippen LogP contribution < -0.4 is 5.32 Å². The Kier molecular flexibility index (Phi) is 6.68. The van der Waals surface area contributed by atoms with Gasteiger partial charge < -0.3 is 10.2 Å². The SMILES string of the molecule is O=C(NCCc1ccccc1)[C@@H]1c2ccccc2C(=O)N(C2CCCC2)[C@H]1c1ccc(Cl)cc1. The molecule has 0 unspecified atom stereocenters. The van der Waals surface area contributed by atoms with Gasteiger partial charge in [-0.3, -0.25) is 9.59 Å². The van der Waals surface area contributed by atoms with Crippen molar-refractivity contribution in [2.45, 2.75) is 50.1 Å². The summed E-state index contributed by atoms with van der Waals surface area (Å²) in [5.74, 6) is -0.499. The van der Waals surface area contributed by atoms with Gasteiger partial charge in [-0.15, -0.1) is 0 Å². The van der Waals surface area contributed by atoms with Crippen molar-refractivity contribution in [3.8, 4) is 0 Å². The van der Waals surface area contributed by atoms with Crippen molar-refractivity contribution in [2.24, 2.45) is 0 Å². The highest BCUT2D eigenvalue weighted by atomic mass is 35.5. The maximum Gasteiger partial charge on any atom is 0.254 e. The molecule has 1 aliphatic heterocycles. The number of hydrogen-bond donors (Lipinski definition) is 1. The van der Waals surface area contributed by atoms with Gasteiger partial charge in [0.15, 0.2) is 0 Å². The molecule has 2 aliphatic rings. The second-order valence-corrected chi connectivity index (χ2v) is 9.68. The third kappa shape index (κ3) is 4.47. The minimum Gasteiger partial charge on any atom is -0.355 e. The normalized spacial score (nSPS) is 20.3. The van der Waals surface area contributed by atoms with Crippen molar-refractivity contribution in [1.29, 1.82) is 0 Å². The average Bonchev–Trinajstić information content (AvgIpc) is 3.39. The molecule has 1 N–H and O–H groups in total. The molecule has 174 valence electrons. The minimum absolute atomic E-state index is 0.0239. The number of halogens is 1. The second-order valence-electron chi connectivity index (χ2n) is 9.24. The van der Waals surface area contributed by atoms with E-state index >= 15 is 0 Å². The Morgan fingerprint density at radius 1 is 0.912 bits per heavy atom. The first-order valence-electron chi connectivity index (χ1n) is 12.1. The zero-order valence-electron chi connectivity index (χ0n) is 19.1. The van der Waals surface area contributed by atoms with Crippen LogP contribution in [0.4, 0.5) is 0 Å². The molecule has 34 heavy (non-hydrogen) atoms. The molecule has 3 aromatic carbocycles. The molecule has 3 aromatic rings. The van der Waals surface area contributed by atoms with Crippen molar-refractivity contribution in [3.05, 3.63) is 106 Å². The predicted octanol–water partition coefficient (Wildman–Crippen LogP) is 5.92. The van der Waals surface area contributed by atoms with E-state index < -0.39 is 5.92 Å². The monoisotopic (exact) mass is 472 g/mol. The number of nitrogens with zero attached hydrogens (tertiary/aromatic N) is 1. The summed E-state index contributed by atoms with van der Waals surface area (Å²) >= 11 is 6.19. The van der Waals surface area contributed by atoms with E-state index in [1.54, 1.807) is 0 Å². The Labute approximate surface area is 205 Å². The lowest BCUT2D eigenvalue weighted by molar-refractivity contribution is -0.124. The summed E-state index contributed by atoms with van der Waals surface area (Å²) in [4.78, 5) is 29.6. The van der Waals surface area contributed by atoms with E-state index in [2.05, 4.69) is 17.4 Å². The molecule has 1 fully saturated rings. The first kappa shape index (κ1) is 22.7. The molecule has 2 atom stereocenters. The second kappa shape index (κ2) is 10.0. The maximum atomic E-state index is 13.8. The van der Waals surface area contributed by atoms with Gasteiger partial charge in [-0.1, -0.05) is 85.1 Å². The summed E-state index contributed by atoms with van der Waals surface area (Å²) in [6.45, 7) is 0.548. The van der Waals surface area contributed by atoms with Gasteiger partial charge in [0, 0.05) is 23.2 Å². The highest BCUT2D eigenvalue weighted by Crippen LogP contribution is 2.46. The van der Waals surface area contributed by atoms with Crippen LogP contribution in [0.5, 0.6) is 0 Å². The Balaban J connectivity index is 1.52. The highest BCUT2D eigenvalue weighted by Gasteiger charge is 2.46. The zero-order valence-corrected chi connectivity index (χ0v) is 19.9. The Morgan fingerprint density at radius 3 is 2.32 bits per heavy atom. The molecule has 1 heterocycles. The van der Waals surface area contributed by atoms with Crippen LogP contribution in [0.15, 0.2) is 78.9 Å². The van der Waals surface area contributed by atoms with E-state index in [4.69, 9.17) is 11.6 Å². The number of rotatable bonds is 6. The number of carbonyl (C=O) groups excluding carboxylic acids is 2. The molecule has 0 radical (unpaired) electrons.